The summed E-state index contributed by atoms with van der Waals surface area (Å²) < 4.78 is 0. The second kappa shape index (κ2) is 5.19. The first kappa shape index (κ1) is 12.4. The Kier molecular flexibility index (Phi) is 4.95. The maximum absolute atomic E-state index is 11.2. The van der Waals surface area contributed by atoms with Gasteiger partial charge in [-0.1, -0.05) is 6.92 Å². The monoisotopic (exact) mass is 187 g/mol. The fourth-order valence-electron chi connectivity index (χ4n) is 1.14. The van der Waals surface area contributed by atoms with Crippen molar-refractivity contribution in [1.82, 2.24) is 10.2 Å². The molecule has 4 nitrogen and oxygen atoms in total. The molecule has 3 N–H and O–H groups in total. The van der Waals surface area contributed by atoms with Crippen LogP contribution in [-0.4, -0.2) is 43.5 Å². The highest BCUT2D eigenvalue weighted by Crippen LogP contribution is 2.08. The molecule has 0 bridgehead atoms. The fourth-order valence-corrected chi connectivity index (χ4v) is 1.14. The summed E-state index contributed by atoms with van der Waals surface area (Å²) in [5, 5.41) is 3.11. The molecule has 0 saturated carbocycles. The van der Waals surface area contributed by atoms with Gasteiger partial charge in [0.1, 0.15) is 0 Å². The molecule has 0 saturated heterocycles. The highest BCUT2D eigenvalue weighted by atomic mass is 16.1. The molecule has 13 heavy (non-hydrogen) atoms. The predicted octanol–water partition coefficient (Wildman–Crippen LogP) is -0.208. The number of nitrogens with one attached hydrogen (secondary N) is 1. The Morgan fingerprint density at radius 1 is 1.54 bits per heavy atom. The molecular weight excluding hydrogens is 166 g/mol. The minimum Gasteiger partial charge on any atom is -0.368 e. The molecule has 0 aromatic heterocycles. The second-order valence-corrected chi connectivity index (χ2v) is 3.78. The summed E-state index contributed by atoms with van der Waals surface area (Å²) in [6.45, 7) is 5.43. The lowest BCUT2D eigenvalue weighted by Crippen LogP contribution is -2.54. The highest BCUT2D eigenvalue weighted by Gasteiger charge is 2.29. The smallest absolute Gasteiger partial charge is 0.237 e. The van der Waals surface area contributed by atoms with Crippen LogP contribution in [0.1, 0.15) is 20.3 Å². The third kappa shape index (κ3) is 4.24. The third-order valence-corrected chi connectivity index (χ3v) is 2.17. The summed E-state index contributed by atoms with van der Waals surface area (Å²) in [6, 6.07) is 0. The Hall–Kier alpha value is -0.610. The Labute approximate surface area is 80.5 Å². The van der Waals surface area contributed by atoms with Crippen molar-refractivity contribution in [2.45, 2.75) is 25.8 Å². The minimum absolute atomic E-state index is 0.281. The largest absolute Gasteiger partial charge is 0.368 e. The number of carbonyl (C=O) groups excluding carboxylic acids is 1. The zero-order valence-electron chi connectivity index (χ0n) is 9.05. The molecule has 1 unspecified atom stereocenters. The third-order valence-electron chi connectivity index (χ3n) is 2.17. The summed E-state index contributed by atoms with van der Waals surface area (Å²) in [6.07, 6.45) is 0.739. The van der Waals surface area contributed by atoms with E-state index in [1.54, 1.807) is 0 Å². The standard InChI is InChI=1S/C9H21N3O/c1-5-11-9(2,8(10)13)6-7-12(3)4/h11H,5-7H2,1-4H3,(H2,10,13). The van der Waals surface area contributed by atoms with Crippen LogP contribution in [0, 0.1) is 0 Å². The van der Waals surface area contributed by atoms with Crippen LogP contribution in [0.25, 0.3) is 0 Å². The number of nitrogens with two attached hydrogens (primary N) is 1. The highest BCUT2D eigenvalue weighted by molar-refractivity contribution is 5.84. The van der Waals surface area contributed by atoms with Crippen LogP contribution in [0.2, 0.25) is 0 Å². The number of nitrogens with zero attached hydrogens (tertiary/aromatic N) is 1. The lowest BCUT2D eigenvalue weighted by molar-refractivity contribution is -0.124. The van der Waals surface area contributed by atoms with Gasteiger partial charge in [-0.3, -0.25) is 4.79 Å². The van der Waals surface area contributed by atoms with Crippen LogP contribution in [0.5, 0.6) is 0 Å². The van der Waals surface area contributed by atoms with E-state index in [0.29, 0.717) is 0 Å². The van der Waals surface area contributed by atoms with Crippen LogP contribution in [-0.2, 0) is 4.79 Å². The Morgan fingerprint density at radius 3 is 2.38 bits per heavy atom. The molecule has 0 aliphatic heterocycles. The summed E-state index contributed by atoms with van der Waals surface area (Å²) in [7, 11) is 3.96. The number of likely N-dealkylation sites (N-methyl/N-ethyl adjacent to an activating group) is 1. The Balaban J connectivity index is 4.16. The average molecular weight is 187 g/mol. The van der Waals surface area contributed by atoms with Crippen LogP contribution in [0.4, 0.5) is 0 Å². The SMILES string of the molecule is CCNC(C)(CCN(C)C)C(N)=O. The Morgan fingerprint density at radius 2 is 2.08 bits per heavy atom. The first-order chi connectivity index (χ1) is 5.92. The van der Waals surface area contributed by atoms with E-state index in [1.165, 1.54) is 0 Å². The number of hydrogen-bond acceptors (Lipinski definition) is 3. The average Bonchev–Trinajstić information content (AvgIpc) is 2.01. The number of amides is 1. The van der Waals surface area contributed by atoms with Crippen molar-refractivity contribution in [3.05, 3.63) is 0 Å². The molecule has 4 heteroatoms. The molecule has 0 radical (unpaired) electrons. The minimum atomic E-state index is -0.570. The quantitative estimate of drug-likeness (QED) is 0.605. The molecule has 0 heterocycles. The van der Waals surface area contributed by atoms with Gasteiger partial charge in [0.15, 0.2) is 0 Å². The summed E-state index contributed by atoms with van der Waals surface area (Å²) in [5.74, 6) is -0.281. The molecule has 0 rings (SSSR count). The number of hydrogen-bond donors (Lipinski definition) is 2. The number of carbonyl (C=O) groups is 1. The maximum Gasteiger partial charge on any atom is 0.237 e. The molecule has 1 atom stereocenters. The van der Waals surface area contributed by atoms with Gasteiger partial charge in [-0.2, -0.15) is 0 Å². The van der Waals surface area contributed by atoms with E-state index in [9.17, 15) is 4.79 Å². The van der Waals surface area contributed by atoms with Gasteiger partial charge in [-0.05, 0) is 40.5 Å². The lowest BCUT2D eigenvalue weighted by Gasteiger charge is -2.28. The van der Waals surface area contributed by atoms with E-state index in [4.69, 9.17) is 5.73 Å². The number of rotatable bonds is 6. The molecule has 0 aliphatic rings. The van der Waals surface area contributed by atoms with E-state index in [1.807, 2.05) is 32.8 Å². The van der Waals surface area contributed by atoms with E-state index >= 15 is 0 Å². The van der Waals surface area contributed by atoms with Crippen LogP contribution < -0.4 is 11.1 Å². The van der Waals surface area contributed by atoms with Gasteiger partial charge < -0.3 is 16.0 Å². The molecule has 0 fully saturated rings. The molecule has 0 aromatic carbocycles. The fraction of sp³-hybridized carbons (Fsp3) is 0.889. The van der Waals surface area contributed by atoms with Crippen molar-refractivity contribution in [2.24, 2.45) is 5.73 Å². The van der Waals surface area contributed by atoms with Crippen molar-refractivity contribution in [3.63, 3.8) is 0 Å². The topological polar surface area (TPSA) is 58.4 Å². The van der Waals surface area contributed by atoms with Gasteiger partial charge in [0.05, 0.1) is 5.54 Å². The first-order valence-electron chi connectivity index (χ1n) is 4.62. The normalized spacial score (nSPS) is 15.8. The van der Waals surface area contributed by atoms with E-state index in [0.717, 1.165) is 19.5 Å². The van der Waals surface area contributed by atoms with Crippen molar-refractivity contribution in [2.75, 3.05) is 27.2 Å². The van der Waals surface area contributed by atoms with Gasteiger partial charge >= 0.3 is 0 Å². The van der Waals surface area contributed by atoms with Gasteiger partial charge in [-0.15, -0.1) is 0 Å². The van der Waals surface area contributed by atoms with Crippen LogP contribution >= 0.6 is 0 Å². The molecule has 0 aliphatic carbocycles. The molecular formula is C9H21N3O. The van der Waals surface area contributed by atoms with Crippen molar-refractivity contribution < 1.29 is 4.79 Å². The molecule has 1 amide bonds. The maximum atomic E-state index is 11.2. The second-order valence-electron chi connectivity index (χ2n) is 3.78. The zero-order valence-corrected chi connectivity index (χ0v) is 9.05. The van der Waals surface area contributed by atoms with E-state index < -0.39 is 5.54 Å². The summed E-state index contributed by atoms with van der Waals surface area (Å²) >= 11 is 0. The molecule has 0 spiro atoms. The van der Waals surface area contributed by atoms with Crippen molar-refractivity contribution in [3.8, 4) is 0 Å². The van der Waals surface area contributed by atoms with Gasteiger partial charge in [-0.25, -0.2) is 0 Å². The summed E-state index contributed by atoms with van der Waals surface area (Å²) in [4.78, 5) is 13.2. The van der Waals surface area contributed by atoms with Crippen LogP contribution in [0.15, 0.2) is 0 Å². The van der Waals surface area contributed by atoms with Gasteiger partial charge in [0.2, 0.25) is 5.91 Å². The number of primary amides is 1. The van der Waals surface area contributed by atoms with E-state index in [-0.39, 0.29) is 5.91 Å². The van der Waals surface area contributed by atoms with Gasteiger partial charge in [0, 0.05) is 0 Å². The van der Waals surface area contributed by atoms with E-state index in [2.05, 4.69) is 5.32 Å². The zero-order chi connectivity index (χ0) is 10.5. The molecule has 0 aromatic rings. The first-order valence-corrected chi connectivity index (χ1v) is 4.62. The van der Waals surface area contributed by atoms with Crippen molar-refractivity contribution >= 4 is 5.91 Å². The lowest BCUT2D eigenvalue weighted by atomic mass is 9.97. The van der Waals surface area contributed by atoms with Gasteiger partial charge in [0.25, 0.3) is 0 Å². The predicted molar refractivity (Wildman–Crippen MR) is 54.4 cm³/mol. The molecule has 78 valence electrons. The summed E-state index contributed by atoms with van der Waals surface area (Å²) in [5.41, 5.74) is 4.75. The van der Waals surface area contributed by atoms with Crippen molar-refractivity contribution in [1.29, 1.82) is 0 Å². The van der Waals surface area contributed by atoms with Crippen LogP contribution in [0.3, 0.4) is 0 Å². The Bertz CT molecular complexity index is 170.